The summed E-state index contributed by atoms with van der Waals surface area (Å²) in [7, 11) is 0. The molecule has 1 aromatic rings. The smallest absolute Gasteiger partial charge is 0.316 e. The lowest BCUT2D eigenvalue weighted by molar-refractivity contribution is -0.143. The van der Waals surface area contributed by atoms with Crippen LogP contribution in [0.15, 0.2) is 10.6 Å². The van der Waals surface area contributed by atoms with Crippen molar-refractivity contribution >= 4 is 5.97 Å². The summed E-state index contributed by atoms with van der Waals surface area (Å²) >= 11 is 0. The van der Waals surface area contributed by atoms with Crippen molar-refractivity contribution in [3.05, 3.63) is 17.8 Å². The van der Waals surface area contributed by atoms with E-state index in [1.54, 1.807) is 13.8 Å². The molecule has 0 aliphatic rings. The van der Waals surface area contributed by atoms with Gasteiger partial charge in [0.15, 0.2) is 5.89 Å². The zero-order valence-electron chi connectivity index (χ0n) is 8.00. The maximum Gasteiger partial charge on any atom is 0.316 e. The van der Waals surface area contributed by atoms with Crippen molar-refractivity contribution in [2.24, 2.45) is 0 Å². The molecule has 0 bridgehead atoms. The number of aromatic nitrogens is 1. The van der Waals surface area contributed by atoms with E-state index in [2.05, 4.69) is 4.98 Å². The number of carboxylic acid groups (broad SMARTS) is 1. The lowest BCUT2D eigenvalue weighted by Crippen LogP contribution is -2.27. The number of hydrogen-bond donors (Lipinski definition) is 1. The van der Waals surface area contributed by atoms with E-state index >= 15 is 0 Å². The molecule has 4 heteroatoms. The Morgan fingerprint density at radius 3 is 2.69 bits per heavy atom. The Bertz CT molecular complexity index is 314. The number of oxazole rings is 1. The topological polar surface area (TPSA) is 63.3 Å². The van der Waals surface area contributed by atoms with Gasteiger partial charge in [-0.25, -0.2) is 4.98 Å². The second-order valence-corrected chi connectivity index (χ2v) is 3.40. The number of hydrogen-bond acceptors (Lipinski definition) is 3. The average Bonchev–Trinajstić information content (AvgIpc) is 2.51. The third-order valence-electron chi connectivity index (χ3n) is 2.01. The summed E-state index contributed by atoms with van der Waals surface area (Å²) in [6.45, 7) is 5.09. The van der Waals surface area contributed by atoms with Crippen LogP contribution in [0.1, 0.15) is 32.4 Å². The standard InChI is InChI=1S/C9H13NO3/c1-4-7-10-5-6(13-7)9(2,3)8(11)12/h5H,4H2,1-3H3,(H,11,12). The van der Waals surface area contributed by atoms with Crippen molar-refractivity contribution in [3.8, 4) is 0 Å². The maximum absolute atomic E-state index is 10.8. The van der Waals surface area contributed by atoms with Gasteiger partial charge in [0.2, 0.25) is 0 Å². The van der Waals surface area contributed by atoms with Crippen molar-refractivity contribution in [1.29, 1.82) is 0 Å². The van der Waals surface area contributed by atoms with Crippen molar-refractivity contribution in [3.63, 3.8) is 0 Å². The first kappa shape index (κ1) is 9.77. The minimum absolute atomic E-state index is 0.400. The molecule has 1 heterocycles. The summed E-state index contributed by atoms with van der Waals surface area (Å²) in [6, 6.07) is 0. The normalized spacial score (nSPS) is 11.6. The quantitative estimate of drug-likeness (QED) is 0.773. The van der Waals surface area contributed by atoms with E-state index in [0.717, 1.165) is 0 Å². The highest BCUT2D eigenvalue weighted by Gasteiger charge is 2.33. The molecule has 1 aromatic heterocycles. The van der Waals surface area contributed by atoms with E-state index in [1.807, 2.05) is 6.92 Å². The molecule has 0 aliphatic carbocycles. The fourth-order valence-electron chi connectivity index (χ4n) is 0.868. The van der Waals surface area contributed by atoms with Crippen LogP contribution in [0.3, 0.4) is 0 Å². The summed E-state index contributed by atoms with van der Waals surface area (Å²) in [4.78, 5) is 14.8. The number of rotatable bonds is 3. The Labute approximate surface area is 76.6 Å². The van der Waals surface area contributed by atoms with Gasteiger partial charge in [0.1, 0.15) is 11.2 Å². The van der Waals surface area contributed by atoms with Crippen LogP contribution >= 0.6 is 0 Å². The fourth-order valence-corrected chi connectivity index (χ4v) is 0.868. The molecule has 0 aromatic carbocycles. The molecule has 4 nitrogen and oxygen atoms in total. The predicted octanol–water partition coefficient (Wildman–Crippen LogP) is 1.60. The van der Waals surface area contributed by atoms with Crippen LogP contribution in [-0.4, -0.2) is 16.1 Å². The van der Waals surface area contributed by atoms with Gasteiger partial charge in [0, 0.05) is 6.42 Å². The summed E-state index contributed by atoms with van der Waals surface area (Å²) in [5, 5.41) is 8.89. The largest absolute Gasteiger partial charge is 0.481 e. The zero-order chi connectivity index (χ0) is 10.1. The van der Waals surface area contributed by atoms with Crippen molar-refractivity contribution in [1.82, 2.24) is 4.98 Å². The first-order chi connectivity index (χ1) is 5.98. The number of nitrogens with zero attached hydrogens (tertiary/aromatic N) is 1. The molecule has 13 heavy (non-hydrogen) atoms. The Morgan fingerprint density at radius 2 is 2.31 bits per heavy atom. The van der Waals surface area contributed by atoms with Gasteiger partial charge in [-0.05, 0) is 13.8 Å². The van der Waals surface area contributed by atoms with Gasteiger partial charge in [0.25, 0.3) is 0 Å². The number of carboxylic acids is 1. The first-order valence-electron chi connectivity index (χ1n) is 4.17. The van der Waals surface area contributed by atoms with Crippen molar-refractivity contribution in [2.45, 2.75) is 32.6 Å². The summed E-state index contributed by atoms with van der Waals surface area (Å²) in [5.74, 6) is 0.0625. The Kier molecular flexibility index (Phi) is 2.40. The van der Waals surface area contributed by atoms with Crippen LogP contribution in [-0.2, 0) is 16.6 Å². The first-order valence-corrected chi connectivity index (χ1v) is 4.17. The lowest BCUT2D eigenvalue weighted by atomic mass is 9.91. The molecular weight excluding hydrogens is 170 g/mol. The van der Waals surface area contributed by atoms with Gasteiger partial charge < -0.3 is 9.52 Å². The second-order valence-electron chi connectivity index (χ2n) is 3.40. The van der Waals surface area contributed by atoms with Gasteiger partial charge in [-0.15, -0.1) is 0 Å². The van der Waals surface area contributed by atoms with Crippen LogP contribution in [0, 0.1) is 0 Å². The predicted molar refractivity (Wildman–Crippen MR) is 46.5 cm³/mol. The Morgan fingerprint density at radius 1 is 1.69 bits per heavy atom. The van der Waals surface area contributed by atoms with E-state index < -0.39 is 11.4 Å². The Hall–Kier alpha value is -1.32. The molecule has 0 spiro atoms. The molecular formula is C9H13NO3. The molecule has 0 aliphatic heterocycles. The molecule has 1 rings (SSSR count). The molecule has 0 radical (unpaired) electrons. The van der Waals surface area contributed by atoms with E-state index in [9.17, 15) is 4.79 Å². The summed E-state index contributed by atoms with van der Waals surface area (Å²) in [6.07, 6.45) is 2.16. The van der Waals surface area contributed by atoms with Crippen molar-refractivity contribution < 1.29 is 14.3 Å². The van der Waals surface area contributed by atoms with Crippen LogP contribution in [0.2, 0.25) is 0 Å². The minimum atomic E-state index is -1.000. The fraction of sp³-hybridized carbons (Fsp3) is 0.556. The number of aliphatic carboxylic acids is 1. The molecule has 0 atom stereocenters. The van der Waals surface area contributed by atoms with E-state index in [1.165, 1.54) is 6.20 Å². The zero-order valence-corrected chi connectivity index (χ0v) is 8.00. The number of aryl methyl sites for hydroxylation is 1. The van der Waals surface area contributed by atoms with E-state index in [0.29, 0.717) is 18.1 Å². The Balaban J connectivity index is 3.00. The highest BCUT2D eigenvalue weighted by atomic mass is 16.4. The van der Waals surface area contributed by atoms with Gasteiger partial charge in [0.05, 0.1) is 6.20 Å². The monoisotopic (exact) mass is 183 g/mol. The second kappa shape index (κ2) is 3.20. The summed E-state index contributed by atoms with van der Waals surface area (Å²) < 4.78 is 5.27. The molecule has 1 N–H and O–H groups in total. The third kappa shape index (κ3) is 1.71. The SMILES string of the molecule is CCc1ncc(C(C)(C)C(=O)O)o1. The van der Waals surface area contributed by atoms with Crippen molar-refractivity contribution in [2.75, 3.05) is 0 Å². The highest BCUT2D eigenvalue weighted by molar-refractivity contribution is 5.79. The lowest BCUT2D eigenvalue weighted by Gasteiger charge is -2.14. The maximum atomic E-state index is 10.8. The molecule has 0 saturated heterocycles. The summed E-state index contributed by atoms with van der Waals surface area (Å²) in [5.41, 5.74) is -1.000. The van der Waals surface area contributed by atoms with Crippen LogP contribution in [0.4, 0.5) is 0 Å². The van der Waals surface area contributed by atoms with E-state index in [4.69, 9.17) is 9.52 Å². The van der Waals surface area contributed by atoms with Gasteiger partial charge in [-0.1, -0.05) is 6.92 Å². The van der Waals surface area contributed by atoms with Crippen LogP contribution in [0.25, 0.3) is 0 Å². The molecule has 0 unspecified atom stereocenters. The third-order valence-corrected chi connectivity index (χ3v) is 2.01. The van der Waals surface area contributed by atoms with Crippen LogP contribution in [0.5, 0.6) is 0 Å². The van der Waals surface area contributed by atoms with Gasteiger partial charge in [-0.3, -0.25) is 4.79 Å². The number of carbonyl (C=O) groups is 1. The highest BCUT2D eigenvalue weighted by Crippen LogP contribution is 2.23. The van der Waals surface area contributed by atoms with E-state index in [-0.39, 0.29) is 0 Å². The minimum Gasteiger partial charge on any atom is -0.481 e. The van der Waals surface area contributed by atoms with Gasteiger partial charge >= 0.3 is 5.97 Å². The van der Waals surface area contributed by atoms with Gasteiger partial charge in [-0.2, -0.15) is 0 Å². The average molecular weight is 183 g/mol. The van der Waals surface area contributed by atoms with Crippen LogP contribution < -0.4 is 0 Å². The molecule has 72 valence electrons. The molecule has 0 fully saturated rings. The molecule has 0 amide bonds. The molecule has 0 saturated carbocycles.